The first kappa shape index (κ1) is 19.3. The highest BCUT2D eigenvalue weighted by atomic mass is 79.9. The Bertz CT molecular complexity index is 547. The molecule has 0 saturated carbocycles. The van der Waals surface area contributed by atoms with Gasteiger partial charge >= 0.3 is 5.97 Å². The van der Waals surface area contributed by atoms with E-state index >= 15 is 0 Å². The maximum absolute atomic E-state index is 11.5. The number of ether oxygens (including phenoxy) is 1. The third-order valence-electron chi connectivity index (χ3n) is 3.20. The summed E-state index contributed by atoms with van der Waals surface area (Å²) in [5, 5.41) is 0.655. The highest BCUT2D eigenvalue weighted by molar-refractivity contribution is 9.10. The summed E-state index contributed by atoms with van der Waals surface area (Å²) in [6.45, 7) is 7.22. The van der Waals surface area contributed by atoms with Crippen LogP contribution in [0.4, 0.5) is 0 Å². The Balaban J connectivity index is 1.69. The van der Waals surface area contributed by atoms with Crippen LogP contribution in [0.2, 0.25) is 0 Å². The van der Waals surface area contributed by atoms with Gasteiger partial charge in [0.15, 0.2) is 0 Å². The van der Waals surface area contributed by atoms with Crippen LogP contribution < -0.4 is 0 Å². The lowest BCUT2D eigenvalue weighted by Crippen LogP contribution is -2.18. The molecule has 0 spiro atoms. The Hall–Kier alpha value is -0.0400. The first-order chi connectivity index (χ1) is 11.0. The average Bonchev–Trinajstić information content (AvgIpc) is 2.96. The average molecular weight is 433 g/mol. The van der Waals surface area contributed by atoms with Gasteiger partial charge in [0.1, 0.15) is 6.10 Å². The number of carbonyl (C=O) groups excluding carboxylic acids is 1. The summed E-state index contributed by atoms with van der Waals surface area (Å²) < 4.78 is 6.96. The van der Waals surface area contributed by atoms with E-state index in [0.717, 1.165) is 16.0 Å². The predicted octanol–water partition coefficient (Wildman–Crippen LogP) is 5.54. The van der Waals surface area contributed by atoms with Gasteiger partial charge in [0.2, 0.25) is 0 Å². The Morgan fingerprint density at radius 3 is 2.83 bits per heavy atom. The van der Waals surface area contributed by atoms with E-state index < -0.39 is 0 Å². The van der Waals surface area contributed by atoms with Gasteiger partial charge in [0.25, 0.3) is 0 Å². The van der Waals surface area contributed by atoms with Crippen LogP contribution in [0.25, 0.3) is 0 Å². The molecule has 1 aliphatic rings. The van der Waals surface area contributed by atoms with E-state index in [1.165, 1.54) is 11.3 Å². The number of esters is 1. The number of thioether (sulfide) groups is 3. The van der Waals surface area contributed by atoms with Gasteiger partial charge in [-0.25, -0.2) is 4.79 Å². The number of hydrogen-bond donors (Lipinski definition) is 0. The van der Waals surface area contributed by atoms with Gasteiger partial charge in [-0.2, -0.15) is 11.8 Å². The Labute approximate surface area is 159 Å². The Kier molecular flexibility index (Phi) is 7.92. The van der Waals surface area contributed by atoms with Gasteiger partial charge in [0.05, 0.1) is 4.58 Å². The molecule has 3 atom stereocenters. The molecule has 0 radical (unpaired) electrons. The fraction of sp³-hybridized carbons (Fsp3) is 0.471. The van der Waals surface area contributed by atoms with Crippen molar-refractivity contribution in [3.05, 3.63) is 46.5 Å². The molecule has 2 nitrogen and oxygen atoms in total. The molecule has 126 valence electrons. The normalized spacial score (nSPS) is 21.9. The van der Waals surface area contributed by atoms with Gasteiger partial charge in [-0.05, 0) is 31.5 Å². The van der Waals surface area contributed by atoms with Crippen molar-refractivity contribution in [1.82, 2.24) is 0 Å². The van der Waals surface area contributed by atoms with E-state index in [9.17, 15) is 4.79 Å². The van der Waals surface area contributed by atoms with E-state index in [4.69, 9.17) is 4.74 Å². The van der Waals surface area contributed by atoms with Gasteiger partial charge in [-0.1, -0.05) is 34.6 Å². The molecule has 1 heterocycles. The van der Waals surface area contributed by atoms with Crippen molar-refractivity contribution in [2.75, 3.05) is 17.3 Å². The number of rotatable bonds is 7. The van der Waals surface area contributed by atoms with Crippen LogP contribution in [-0.2, 0) is 9.53 Å². The van der Waals surface area contributed by atoms with E-state index in [2.05, 4.69) is 46.8 Å². The Morgan fingerprint density at radius 2 is 2.17 bits per heavy atom. The minimum atomic E-state index is -0.292. The molecule has 1 aromatic carbocycles. The van der Waals surface area contributed by atoms with Gasteiger partial charge in [0, 0.05) is 32.6 Å². The monoisotopic (exact) mass is 432 g/mol. The molecule has 0 aromatic heterocycles. The second-order valence-corrected chi connectivity index (χ2v) is 10.3. The second kappa shape index (κ2) is 9.44. The van der Waals surface area contributed by atoms with Crippen LogP contribution >= 0.6 is 51.2 Å². The zero-order valence-electron chi connectivity index (χ0n) is 13.3. The van der Waals surface area contributed by atoms with E-state index in [-0.39, 0.29) is 12.1 Å². The van der Waals surface area contributed by atoms with E-state index in [1.54, 1.807) is 6.92 Å². The largest absolute Gasteiger partial charge is 0.458 e. The SMILES string of the molecule is C=C(C)C(=O)OC(C)CSCC1CSC(c2ccc(Br)cc2)S1. The molecule has 1 fully saturated rings. The molecule has 0 N–H and O–H groups in total. The fourth-order valence-corrected chi connectivity index (χ4v) is 7.04. The lowest BCUT2D eigenvalue weighted by atomic mass is 10.2. The van der Waals surface area contributed by atoms with E-state index in [1.807, 2.05) is 42.2 Å². The molecule has 6 heteroatoms. The molecule has 1 saturated heterocycles. The lowest BCUT2D eigenvalue weighted by Gasteiger charge is -2.14. The number of carbonyl (C=O) groups is 1. The summed E-state index contributed by atoms with van der Waals surface area (Å²) in [7, 11) is 0. The van der Waals surface area contributed by atoms with Crippen molar-refractivity contribution in [3.8, 4) is 0 Å². The summed E-state index contributed by atoms with van der Waals surface area (Å²) in [6.07, 6.45) is -0.0643. The van der Waals surface area contributed by atoms with Crippen LogP contribution in [0.3, 0.4) is 0 Å². The molecule has 0 aliphatic carbocycles. The molecule has 0 amide bonds. The van der Waals surface area contributed by atoms with Gasteiger partial charge in [-0.15, -0.1) is 23.5 Å². The lowest BCUT2D eigenvalue weighted by molar-refractivity contribution is -0.142. The quantitative estimate of drug-likeness (QED) is 0.416. The molecule has 0 bridgehead atoms. The van der Waals surface area contributed by atoms with Crippen LogP contribution in [0, 0.1) is 0 Å². The molecular weight excluding hydrogens is 412 g/mol. The highest BCUT2D eigenvalue weighted by Gasteiger charge is 2.27. The van der Waals surface area contributed by atoms with E-state index in [0.29, 0.717) is 15.4 Å². The Morgan fingerprint density at radius 1 is 1.48 bits per heavy atom. The highest BCUT2D eigenvalue weighted by Crippen LogP contribution is 2.50. The van der Waals surface area contributed by atoms with Crippen molar-refractivity contribution in [3.63, 3.8) is 0 Å². The molecular formula is C17H21BrO2S3. The molecule has 1 aliphatic heterocycles. The minimum Gasteiger partial charge on any atom is -0.458 e. The van der Waals surface area contributed by atoms with Crippen molar-refractivity contribution in [2.45, 2.75) is 29.8 Å². The maximum Gasteiger partial charge on any atom is 0.333 e. The standard InChI is InChI=1S/C17H21BrO2S3/c1-11(2)16(19)20-12(3)8-21-9-15-10-22-17(23-15)13-4-6-14(18)7-5-13/h4-7,12,15,17H,1,8-10H2,2-3H3. The van der Waals surface area contributed by atoms with Crippen molar-refractivity contribution < 1.29 is 9.53 Å². The maximum atomic E-state index is 11.5. The molecule has 2 rings (SSSR count). The minimum absolute atomic E-state index is 0.0643. The number of hydrogen-bond acceptors (Lipinski definition) is 5. The van der Waals surface area contributed by atoms with Gasteiger partial charge < -0.3 is 4.74 Å². The fourth-order valence-electron chi connectivity index (χ4n) is 2.01. The first-order valence-corrected chi connectivity index (χ1v) is 11.4. The summed E-state index contributed by atoms with van der Waals surface area (Å²) in [5.74, 6) is 2.82. The third-order valence-corrected chi connectivity index (χ3v) is 8.65. The zero-order valence-corrected chi connectivity index (χ0v) is 17.3. The van der Waals surface area contributed by atoms with Crippen LogP contribution in [0.1, 0.15) is 24.0 Å². The molecule has 23 heavy (non-hydrogen) atoms. The predicted molar refractivity (Wildman–Crippen MR) is 108 cm³/mol. The van der Waals surface area contributed by atoms with Crippen LogP contribution in [-0.4, -0.2) is 34.6 Å². The van der Waals surface area contributed by atoms with Crippen LogP contribution in [0.15, 0.2) is 40.9 Å². The van der Waals surface area contributed by atoms with Crippen LogP contribution in [0.5, 0.6) is 0 Å². The summed E-state index contributed by atoms with van der Waals surface area (Å²) in [5.41, 5.74) is 1.85. The van der Waals surface area contributed by atoms with Crippen molar-refractivity contribution in [2.24, 2.45) is 0 Å². The summed E-state index contributed by atoms with van der Waals surface area (Å²) >= 11 is 9.41. The summed E-state index contributed by atoms with van der Waals surface area (Å²) in [6, 6.07) is 8.61. The number of halogens is 1. The van der Waals surface area contributed by atoms with Crippen molar-refractivity contribution >= 4 is 57.2 Å². The third kappa shape index (κ3) is 6.40. The molecule has 3 unspecified atom stereocenters. The number of benzene rings is 1. The van der Waals surface area contributed by atoms with Crippen molar-refractivity contribution in [1.29, 1.82) is 0 Å². The topological polar surface area (TPSA) is 26.3 Å². The van der Waals surface area contributed by atoms with Gasteiger partial charge in [-0.3, -0.25) is 0 Å². The summed E-state index contributed by atoms with van der Waals surface area (Å²) in [4.78, 5) is 11.5. The first-order valence-electron chi connectivity index (χ1n) is 7.42. The smallest absolute Gasteiger partial charge is 0.333 e. The molecule has 1 aromatic rings. The zero-order chi connectivity index (χ0) is 16.8. The second-order valence-electron chi connectivity index (χ2n) is 5.51.